The van der Waals surface area contributed by atoms with Gasteiger partial charge in [-0.05, 0) is 32.1 Å². The summed E-state index contributed by atoms with van der Waals surface area (Å²) in [7, 11) is 0. The molecule has 1 spiro atoms. The molecule has 2 amide bonds. The predicted molar refractivity (Wildman–Crippen MR) is 95.4 cm³/mol. The number of aromatic nitrogens is 2. The van der Waals surface area contributed by atoms with Gasteiger partial charge in [0, 0.05) is 37.6 Å². The van der Waals surface area contributed by atoms with E-state index in [2.05, 4.69) is 25.3 Å². The van der Waals surface area contributed by atoms with E-state index in [1.54, 1.807) is 16.8 Å². The summed E-state index contributed by atoms with van der Waals surface area (Å²) in [5, 5.41) is 12.5. The number of carbonyl (C=O) groups is 1. The molecule has 1 aliphatic carbocycles. The molecule has 0 aromatic carbocycles. The summed E-state index contributed by atoms with van der Waals surface area (Å²) in [5.74, 6) is 0. The van der Waals surface area contributed by atoms with Crippen LogP contribution in [0.3, 0.4) is 0 Å². The number of nitrogens with zero attached hydrogens (tertiary/aromatic N) is 4. The molecule has 2 aliphatic heterocycles. The highest BCUT2D eigenvalue weighted by Crippen LogP contribution is 2.40. The van der Waals surface area contributed by atoms with Gasteiger partial charge in [-0.15, -0.1) is 10.2 Å². The number of rotatable bonds is 2. The van der Waals surface area contributed by atoms with Crippen molar-refractivity contribution in [3.63, 3.8) is 0 Å². The number of carbonyl (C=O) groups excluding carboxylic acids is 1. The van der Waals surface area contributed by atoms with Gasteiger partial charge in [0.05, 0.1) is 0 Å². The molecule has 1 aromatic rings. The molecule has 1 atom stereocenters. The van der Waals surface area contributed by atoms with Crippen LogP contribution in [-0.4, -0.2) is 53.3 Å². The van der Waals surface area contributed by atoms with Gasteiger partial charge in [0.25, 0.3) is 0 Å². The maximum Gasteiger partial charge on any atom is 0.317 e. The average molecular weight is 350 g/mol. The van der Waals surface area contributed by atoms with E-state index in [0.29, 0.717) is 6.04 Å². The second-order valence-electron chi connectivity index (χ2n) is 7.70. The monoisotopic (exact) mass is 349 g/mol. The largest absolute Gasteiger partial charge is 0.346 e. The normalized spacial score (nSPS) is 28.5. The maximum atomic E-state index is 12.6. The van der Waals surface area contributed by atoms with Crippen molar-refractivity contribution < 1.29 is 4.79 Å². The Morgan fingerprint density at radius 1 is 1.17 bits per heavy atom. The van der Waals surface area contributed by atoms with Crippen molar-refractivity contribution in [2.45, 2.75) is 57.4 Å². The van der Waals surface area contributed by atoms with Gasteiger partial charge in [0.1, 0.15) is 5.51 Å². The molecule has 3 heterocycles. The molecule has 1 N–H and O–H groups in total. The fourth-order valence-electron chi connectivity index (χ4n) is 4.63. The Hall–Kier alpha value is -1.37. The van der Waals surface area contributed by atoms with Gasteiger partial charge in [-0.25, -0.2) is 4.79 Å². The van der Waals surface area contributed by atoms with Crippen LogP contribution in [0.15, 0.2) is 5.51 Å². The topological polar surface area (TPSA) is 61.4 Å². The van der Waals surface area contributed by atoms with Gasteiger partial charge in [0.2, 0.25) is 5.13 Å². The minimum absolute atomic E-state index is 0.159. The minimum Gasteiger partial charge on any atom is -0.346 e. The lowest BCUT2D eigenvalue weighted by atomic mass is 9.79. The number of piperidine rings is 1. The minimum atomic E-state index is 0.159. The molecule has 3 aliphatic rings. The summed E-state index contributed by atoms with van der Waals surface area (Å²) >= 11 is 1.61. The second kappa shape index (κ2) is 6.86. The van der Waals surface area contributed by atoms with Gasteiger partial charge < -0.3 is 15.1 Å². The van der Waals surface area contributed by atoms with E-state index < -0.39 is 0 Å². The molecule has 6 nitrogen and oxygen atoms in total. The first kappa shape index (κ1) is 16.1. The fraction of sp³-hybridized carbons (Fsp3) is 0.824. The zero-order chi connectivity index (χ0) is 16.4. The zero-order valence-electron chi connectivity index (χ0n) is 14.2. The lowest BCUT2D eigenvalue weighted by Gasteiger charge is -2.40. The Bertz CT molecular complexity index is 559. The Morgan fingerprint density at radius 2 is 2.04 bits per heavy atom. The van der Waals surface area contributed by atoms with Gasteiger partial charge >= 0.3 is 6.03 Å². The highest BCUT2D eigenvalue weighted by atomic mass is 32.1. The molecule has 1 unspecified atom stereocenters. The van der Waals surface area contributed by atoms with E-state index in [0.717, 1.165) is 50.6 Å². The Kier molecular flexibility index (Phi) is 4.61. The first-order valence-electron chi connectivity index (χ1n) is 9.31. The van der Waals surface area contributed by atoms with E-state index in [1.165, 1.54) is 32.1 Å². The Balaban J connectivity index is 1.35. The lowest BCUT2D eigenvalue weighted by molar-refractivity contribution is 0.185. The molecular formula is C17H27N5OS. The molecule has 0 radical (unpaired) electrons. The average Bonchev–Trinajstić information content (AvgIpc) is 3.26. The first-order chi connectivity index (χ1) is 11.7. The summed E-state index contributed by atoms with van der Waals surface area (Å²) in [4.78, 5) is 17.0. The van der Waals surface area contributed by atoms with Crippen LogP contribution in [0.5, 0.6) is 0 Å². The molecule has 4 rings (SSSR count). The van der Waals surface area contributed by atoms with E-state index in [9.17, 15) is 4.79 Å². The van der Waals surface area contributed by atoms with Crippen LogP contribution in [0.4, 0.5) is 9.93 Å². The highest BCUT2D eigenvalue weighted by molar-refractivity contribution is 7.13. The predicted octanol–water partition coefficient (Wildman–Crippen LogP) is 2.87. The molecule has 0 bridgehead atoms. The smallest absolute Gasteiger partial charge is 0.317 e. The molecular weight excluding hydrogens is 322 g/mol. The third-order valence-corrected chi connectivity index (χ3v) is 6.69. The molecule has 3 fully saturated rings. The Morgan fingerprint density at radius 3 is 2.83 bits per heavy atom. The number of urea groups is 1. The molecule has 24 heavy (non-hydrogen) atoms. The second-order valence-corrected chi connectivity index (χ2v) is 8.51. The van der Waals surface area contributed by atoms with E-state index >= 15 is 0 Å². The summed E-state index contributed by atoms with van der Waals surface area (Å²) in [5.41, 5.74) is 2.04. The van der Waals surface area contributed by atoms with Crippen molar-refractivity contribution in [1.82, 2.24) is 20.4 Å². The summed E-state index contributed by atoms with van der Waals surface area (Å²) in [6, 6.07) is 0.555. The third-order valence-electron chi connectivity index (χ3n) is 5.94. The van der Waals surface area contributed by atoms with Crippen molar-refractivity contribution in [2.24, 2.45) is 5.41 Å². The number of likely N-dealkylation sites (tertiary alicyclic amines) is 1. The van der Waals surface area contributed by atoms with E-state index in [-0.39, 0.29) is 11.4 Å². The van der Waals surface area contributed by atoms with Crippen molar-refractivity contribution in [3.05, 3.63) is 5.51 Å². The molecule has 2 saturated heterocycles. The van der Waals surface area contributed by atoms with Crippen molar-refractivity contribution in [3.8, 4) is 0 Å². The third kappa shape index (κ3) is 3.36. The number of nitrogens with one attached hydrogen (secondary N) is 1. The molecule has 7 heteroatoms. The quantitative estimate of drug-likeness (QED) is 0.892. The van der Waals surface area contributed by atoms with Crippen LogP contribution in [0.2, 0.25) is 0 Å². The summed E-state index contributed by atoms with van der Waals surface area (Å²) in [6.45, 7) is 3.85. The van der Waals surface area contributed by atoms with Gasteiger partial charge in [-0.2, -0.15) is 0 Å². The molecule has 1 saturated carbocycles. The molecule has 132 valence electrons. The van der Waals surface area contributed by atoms with Crippen LogP contribution < -0.4 is 10.2 Å². The van der Waals surface area contributed by atoms with Crippen LogP contribution >= 0.6 is 11.3 Å². The summed E-state index contributed by atoms with van der Waals surface area (Å²) in [6.07, 6.45) is 9.64. The van der Waals surface area contributed by atoms with Crippen molar-refractivity contribution in [1.29, 1.82) is 0 Å². The van der Waals surface area contributed by atoms with Crippen LogP contribution in [0, 0.1) is 5.41 Å². The first-order valence-corrected chi connectivity index (χ1v) is 10.2. The van der Waals surface area contributed by atoms with E-state index in [4.69, 9.17) is 0 Å². The number of hydrogen-bond acceptors (Lipinski definition) is 5. The standard InChI is InChI=1S/C17H27N5OS/c23-15(19-14-5-2-1-3-6-14)21-10-8-17(11-21)7-4-9-22(12-17)16-20-18-13-24-16/h13-14H,1-12H2,(H,19,23). The van der Waals surface area contributed by atoms with Crippen molar-refractivity contribution >= 4 is 22.5 Å². The zero-order valence-corrected chi connectivity index (χ0v) is 15.1. The number of hydrogen-bond donors (Lipinski definition) is 1. The van der Waals surface area contributed by atoms with Crippen LogP contribution in [-0.2, 0) is 0 Å². The van der Waals surface area contributed by atoms with Crippen LogP contribution in [0.1, 0.15) is 51.4 Å². The van der Waals surface area contributed by atoms with Gasteiger partial charge in [-0.3, -0.25) is 0 Å². The van der Waals surface area contributed by atoms with Gasteiger partial charge in [-0.1, -0.05) is 30.6 Å². The molecule has 1 aromatic heterocycles. The fourth-order valence-corrected chi connectivity index (χ4v) is 5.22. The Labute approximate surface area is 147 Å². The number of amides is 2. The van der Waals surface area contributed by atoms with E-state index in [1.807, 2.05) is 0 Å². The van der Waals surface area contributed by atoms with Crippen LogP contribution in [0.25, 0.3) is 0 Å². The van der Waals surface area contributed by atoms with Crippen molar-refractivity contribution in [2.75, 3.05) is 31.1 Å². The SMILES string of the molecule is O=C(NC1CCCCC1)N1CCC2(CCCN(c3nncs3)C2)C1. The maximum absolute atomic E-state index is 12.6. The lowest BCUT2D eigenvalue weighted by Crippen LogP contribution is -2.48. The highest BCUT2D eigenvalue weighted by Gasteiger charge is 2.43. The van der Waals surface area contributed by atoms with Gasteiger partial charge in [0.15, 0.2) is 0 Å². The number of anilines is 1. The summed E-state index contributed by atoms with van der Waals surface area (Å²) < 4.78 is 0.